The van der Waals surface area contributed by atoms with Crippen LogP contribution in [0.1, 0.15) is 37.8 Å². The molecule has 5 nitrogen and oxygen atoms in total. The molecule has 7 heteroatoms. The monoisotopic (exact) mass is 450 g/mol. The fourth-order valence-corrected chi connectivity index (χ4v) is 3.57. The average Bonchev–Trinajstić information content (AvgIpc) is 2.71. The van der Waals surface area contributed by atoms with Crippen molar-refractivity contribution in [2.45, 2.75) is 46.2 Å². The molecule has 0 saturated heterocycles. The second-order valence-corrected chi connectivity index (χ2v) is 7.93. The minimum Gasteiger partial charge on any atom is -0.482 e. The lowest BCUT2D eigenvalue weighted by Crippen LogP contribution is -2.50. The van der Waals surface area contributed by atoms with Crippen molar-refractivity contribution in [2.24, 2.45) is 0 Å². The Morgan fingerprint density at radius 3 is 2.53 bits per heavy atom. The number of hydrogen-bond acceptors (Lipinski definition) is 3. The van der Waals surface area contributed by atoms with E-state index in [0.717, 1.165) is 17.5 Å². The molecule has 2 rings (SSSR count). The second-order valence-electron chi connectivity index (χ2n) is 7.09. The van der Waals surface area contributed by atoms with E-state index in [2.05, 4.69) is 5.32 Å². The van der Waals surface area contributed by atoms with Gasteiger partial charge in [-0.2, -0.15) is 0 Å². The minimum absolute atomic E-state index is 0.162. The summed E-state index contributed by atoms with van der Waals surface area (Å²) in [5.41, 5.74) is 2.04. The van der Waals surface area contributed by atoms with Crippen molar-refractivity contribution in [3.8, 4) is 5.75 Å². The van der Waals surface area contributed by atoms with Gasteiger partial charge in [0, 0.05) is 18.1 Å². The predicted molar refractivity (Wildman–Crippen MR) is 121 cm³/mol. The standard InChI is InChI=1S/C23H28Cl2N2O3/c1-4-11-26-23(29)20(5-2)27(14-17-8-6-7-16(3)12-17)22(28)15-30-21-10-9-18(24)13-19(21)25/h6-10,12-13,20H,4-5,11,14-15H2,1-3H3,(H,26,29)/t20-/m0/s1. The van der Waals surface area contributed by atoms with Gasteiger partial charge in [-0.15, -0.1) is 0 Å². The van der Waals surface area contributed by atoms with Gasteiger partial charge in [-0.1, -0.05) is 66.9 Å². The van der Waals surface area contributed by atoms with Crippen LogP contribution in [0.5, 0.6) is 5.75 Å². The van der Waals surface area contributed by atoms with Crippen LogP contribution in [-0.4, -0.2) is 35.9 Å². The SMILES string of the molecule is CCCNC(=O)[C@H](CC)N(Cc1cccc(C)c1)C(=O)COc1ccc(Cl)cc1Cl. The Bertz CT molecular complexity index is 873. The molecule has 2 amide bonds. The molecule has 1 N–H and O–H groups in total. The summed E-state index contributed by atoms with van der Waals surface area (Å²) < 4.78 is 5.64. The normalized spacial score (nSPS) is 11.6. The highest BCUT2D eigenvalue weighted by Crippen LogP contribution is 2.27. The van der Waals surface area contributed by atoms with Gasteiger partial charge < -0.3 is 15.0 Å². The molecule has 0 aliphatic carbocycles. The smallest absolute Gasteiger partial charge is 0.261 e. The van der Waals surface area contributed by atoms with Gasteiger partial charge in [0.1, 0.15) is 11.8 Å². The lowest BCUT2D eigenvalue weighted by Gasteiger charge is -2.30. The molecule has 0 bridgehead atoms. The summed E-state index contributed by atoms with van der Waals surface area (Å²) in [6, 6.07) is 12.1. The minimum atomic E-state index is -0.589. The highest BCUT2D eigenvalue weighted by atomic mass is 35.5. The number of carbonyl (C=O) groups is 2. The average molecular weight is 451 g/mol. The van der Waals surface area contributed by atoms with E-state index in [-0.39, 0.29) is 18.4 Å². The third-order valence-corrected chi connectivity index (χ3v) is 5.15. The molecule has 30 heavy (non-hydrogen) atoms. The zero-order valence-electron chi connectivity index (χ0n) is 17.6. The number of hydrogen-bond donors (Lipinski definition) is 1. The van der Waals surface area contributed by atoms with Crippen molar-refractivity contribution in [3.05, 3.63) is 63.6 Å². The number of aryl methyl sites for hydroxylation is 1. The Kier molecular flexibility index (Phi) is 9.47. The third kappa shape index (κ3) is 6.92. The quantitative estimate of drug-likeness (QED) is 0.552. The van der Waals surface area contributed by atoms with E-state index in [9.17, 15) is 9.59 Å². The van der Waals surface area contributed by atoms with Gasteiger partial charge in [0.05, 0.1) is 5.02 Å². The molecule has 0 radical (unpaired) electrons. The number of halogens is 2. The van der Waals surface area contributed by atoms with Crippen molar-refractivity contribution in [3.63, 3.8) is 0 Å². The third-order valence-electron chi connectivity index (χ3n) is 4.62. The molecule has 0 heterocycles. The highest BCUT2D eigenvalue weighted by Gasteiger charge is 2.28. The van der Waals surface area contributed by atoms with Crippen LogP contribution >= 0.6 is 23.2 Å². The molecule has 0 aromatic heterocycles. The maximum atomic E-state index is 13.1. The number of nitrogens with one attached hydrogen (secondary N) is 1. The number of nitrogens with zero attached hydrogens (tertiary/aromatic N) is 1. The van der Waals surface area contributed by atoms with Gasteiger partial charge in [-0.3, -0.25) is 9.59 Å². The molecule has 0 aliphatic rings. The summed E-state index contributed by atoms with van der Waals surface area (Å²) in [5, 5.41) is 3.71. The van der Waals surface area contributed by atoms with Crippen LogP contribution in [0, 0.1) is 6.92 Å². The van der Waals surface area contributed by atoms with Crippen LogP contribution in [0.2, 0.25) is 10.0 Å². The van der Waals surface area contributed by atoms with E-state index in [1.165, 1.54) is 0 Å². The fraction of sp³-hybridized carbons (Fsp3) is 0.391. The molecule has 0 unspecified atom stereocenters. The summed E-state index contributed by atoms with van der Waals surface area (Å²) in [6.45, 7) is 6.52. The molecule has 0 aliphatic heterocycles. The van der Waals surface area contributed by atoms with E-state index >= 15 is 0 Å². The molecular formula is C23H28Cl2N2O3. The fourth-order valence-electron chi connectivity index (χ4n) is 3.11. The summed E-state index contributed by atoms with van der Waals surface area (Å²) in [7, 11) is 0. The van der Waals surface area contributed by atoms with Crippen molar-refractivity contribution >= 4 is 35.0 Å². The lowest BCUT2D eigenvalue weighted by atomic mass is 10.1. The Morgan fingerprint density at radius 1 is 1.13 bits per heavy atom. The van der Waals surface area contributed by atoms with Gasteiger partial charge in [-0.25, -0.2) is 0 Å². The number of rotatable bonds is 10. The second kappa shape index (κ2) is 11.8. The number of carbonyl (C=O) groups excluding carboxylic acids is 2. The molecular weight excluding hydrogens is 423 g/mol. The highest BCUT2D eigenvalue weighted by molar-refractivity contribution is 6.35. The summed E-state index contributed by atoms with van der Waals surface area (Å²) >= 11 is 12.0. The van der Waals surface area contributed by atoms with Crippen LogP contribution < -0.4 is 10.1 Å². The molecule has 162 valence electrons. The first kappa shape index (κ1) is 24.0. The molecule has 0 spiro atoms. The Balaban J connectivity index is 2.21. The maximum absolute atomic E-state index is 13.1. The maximum Gasteiger partial charge on any atom is 0.261 e. The number of amides is 2. The molecule has 0 fully saturated rings. The van der Waals surface area contributed by atoms with Crippen molar-refractivity contribution in [2.75, 3.05) is 13.2 Å². The van der Waals surface area contributed by atoms with Crippen LogP contribution in [-0.2, 0) is 16.1 Å². The van der Waals surface area contributed by atoms with Crippen LogP contribution in [0.4, 0.5) is 0 Å². The van der Waals surface area contributed by atoms with Crippen molar-refractivity contribution in [1.82, 2.24) is 10.2 Å². The summed E-state index contributed by atoms with van der Waals surface area (Å²) in [6.07, 6.45) is 1.32. The Hall–Kier alpha value is -2.24. The van der Waals surface area contributed by atoms with Gasteiger partial charge in [0.25, 0.3) is 5.91 Å². The lowest BCUT2D eigenvalue weighted by molar-refractivity contribution is -0.143. The topological polar surface area (TPSA) is 58.6 Å². The van der Waals surface area contributed by atoms with Gasteiger partial charge in [0.15, 0.2) is 6.61 Å². The van der Waals surface area contributed by atoms with E-state index in [4.69, 9.17) is 27.9 Å². The summed E-state index contributed by atoms with van der Waals surface area (Å²) in [4.78, 5) is 27.4. The van der Waals surface area contributed by atoms with Crippen molar-refractivity contribution < 1.29 is 14.3 Å². The Morgan fingerprint density at radius 2 is 1.90 bits per heavy atom. The number of ether oxygens (including phenoxy) is 1. The zero-order chi connectivity index (χ0) is 22.1. The molecule has 2 aromatic rings. The summed E-state index contributed by atoms with van der Waals surface area (Å²) in [5.74, 6) is -0.0840. The van der Waals surface area contributed by atoms with Crippen molar-refractivity contribution in [1.29, 1.82) is 0 Å². The van der Waals surface area contributed by atoms with Crippen LogP contribution in [0.3, 0.4) is 0 Å². The number of benzene rings is 2. The predicted octanol–water partition coefficient (Wildman–Crippen LogP) is 5.01. The molecule has 0 saturated carbocycles. The first-order valence-corrected chi connectivity index (χ1v) is 10.8. The first-order chi connectivity index (χ1) is 14.3. The zero-order valence-corrected chi connectivity index (χ0v) is 19.1. The van der Waals surface area contributed by atoms with E-state index in [1.54, 1.807) is 23.1 Å². The molecule has 1 atom stereocenters. The van der Waals surface area contributed by atoms with E-state index in [1.807, 2.05) is 45.0 Å². The van der Waals surface area contributed by atoms with E-state index < -0.39 is 6.04 Å². The molecule has 2 aromatic carbocycles. The largest absolute Gasteiger partial charge is 0.482 e. The first-order valence-electron chi connectivity index (χ1n) is 10.1. The van der Waals surface area contributed by atoms with E-state index in [0.29, 0.717) is 35.3 Å². The van der Waals surface area contributed by atoms with Crippen LogP contribution in [0.25, 0.3) is 0 Å². The van der Waals surface area contributed by atoms with Gasteiger partial charge in [-0.05, 0) is 43.5 Å². The van der Waals surface area contributed by atoms with Gasteiger partial charge >= 0.3 is 0 Å². The van der Waals surface area contributed by atoms with Gasteiger partial charge in [0.2, 0.25) is 5.91 Å². The van der Waals surface area contributed by atoms with Crippen LogP contribution in [0.15, 0.2) is 42.5 Å². The Labute approximate surface area is 188 Å².